The van der Waals surface area contributed by atoms with E-state index in [0.717, 1.165) is 6.42 Å². The Morgan fingerprint density at radius 3 is 1.90 bits per heavy atom. The van der Waals surface area contributed by atoms with Gasteiger partial charge in [-0.2, -0.15) is 0 Å². The number of unbranched alkanes of at least 4 members (excludes halogenated alkanes) is 1. The van der Waals surface area contributed by atoms with Crippen molar-refractivity contribution < 1.29 is 48.0 Å². The summed E-state index contributed by atoms with van der Waals surface area (Å²) in [5.41, 5.74) is 6.42. The Labute approximate surface area is 236 Å². The summed E-state index contributed by atoms with van der Waals surface area (Å²) in [6.45, 7) is 11.8. The van der Waals surface area contributed by atoms with Crippen molar-refractivity contribution in [3.63, 3.8) is 0 Å². The Bertz CT molecular complexity index is 962. The number of carboxylic acids is 1. The number of carboxylic acid groups (broad SMARTS) is 1. The molecular formula is C29H45NO10. The third-order valence-electron chi connectivity index (χ3n) is 6.10. The van der Waals surface area contributed by atoms with Crippen molar-refractivity contribution in [2.45, 2.75) is 85.6 Å². The van der Waals surface area contributed by atoms with E-state index in [-0.39, 0.29) is 43.7 Å². The number of carbonyl (C=O) groups excluding carboxylic acids is 3. The van der Waals surface area contributed by atoms with Crippen LogP contribution in [-0.2, 0) is 23.8 Å². The van der Waals surface area contributed by atoms with Gasteiger partial charge in [0, 0.05) is 12.3 Å². The van der Waals surface area contributed by atoms with Gasteiger partial charge in [-0.1, -0.05) is 54.0 Å². The Morgan fingerprint density at radius 2 is 1.40 bits per heavy atom. The first-order valence-corrected chi connectivity index (χ1v) is 13.8. The zero-order valence-electron chi connectivity index (χ0n) is 24.5. The highest BCUT2D eigenvalue weighted by Crippen LogP contribution is 2.36. The van der Waals surface area contributed by atoms with Gasteiger partial charge < -0.3 is 34.5 Å². The molecule has 0 aliphatic carbocycles. The van der Waals surface area contributed by atoms with Gasteiger partial charge in [0.1, 0.15) is 6.04 Å². The standard InChI is InChI=1S/C29H45NO10/c1-7-8-9-24(31)38-17-20(6)25(26(30)27(32)33)21-10-11-22(39-28(34)36-14-12-18(2)3)23(16-21)40-29(35)37-15-13-19(4)5/h10-11,16,18-20,25-26H,7-9,12-15,17,30H2,1-6H3,(H,32,33)/t20?,25?,26-/m0/s1. The fourth-order valence-electron chi connectivity index (χ4n) is 3.66. The minimum Gasteiger partial charge on any atom is -0.480 e. The Kier molecular flexibility index (Phi) is 15.7. The number of hydrogen-bond acceptors (Lipinski definition) is 10. The van der Waals surface area contributed by atoms with Gasteiger partial charge in [0.2, 0.25) is 0 Å². The maximum absolute atomic E-state index is 12.4. The average molecular weight is 568 g/mol. The van der Waals surface area contributed by atoms with E-state index in [4.69, 9.17) is 29.4 Å². The molecule has 0 spiro atoms. The fraction of sp³-hybridized carbons (Fsp3) is 0.655. The van der Waals surface area contributed by atoms with E-state index in [1.807, 2.05) is 34.6 Å². The second kappa shape index (κ2) is 18.1. The van der Waals surface area contributed by atoms with Crippen LogP contribution in [0.4, 0.5) is 9.59 Å². The van der Waals surface area contributed by atoms with Crippen molar-refractivity contribution in [2.24, 2.45) is 23.5 Å². The van der Waals surface area contributed by atoms with Crippen LogP contribution in [0.3, 0.4) is 0 Å². The van der Waals surface area contributed by atoms with E-state index in [1.54, 1.807) is 6.92 Å². The van der Waals surface area contributed by atoms with E-state index in [9.17, 15) is 24.3 Å². The third kappa shape index (κ3) is 13.1. The molecule has 3 atom stereocenters. The van der Waals surface area contributed by atoms with Gasteiger partial charge in [-0.05, 0) is 54.7 Å². The summed E-state index contributed by atoms with van der Waals surface area (Å²) in [5, 5.41) is 9.68. The molecule has 11 nitrogen and oxygen atoms in total. The van der Waals surface area contributed by atoms with E-state index in [1.165, 1.54) is 18.2 Å². The van der Waals surface area contributed by atoms with Crippen LogP contribution in [0.1, 0.15) is 85.1 Å². The van der Waals surface area contributed by atoms with Crippen LogP contribution in [-0.4, -0.2) is 55.2 Å². The lowest BCUT2D eigenvalue weighted by atomic mass is 9.82. The van der Waals surface area contributed by atoms with Crippen LogP contribution in [0, 0.1) is 17.8 Å². The fourth-order valence-corrected chi connectivity index (χ4v) is 3.66. The molecule has 0 aliphatic rings. The van der Waals surface area contributed by atoms with Crippen molar-refractivity contribution in [1.82, 2.24) is 0 Å². The van der Waals surface area contributed by atoms with Crippen molar-refractivity contribution in [1.29, 1.82) is 0 Å². The van der Waals surface area contributed by atoms with Crippen LogP contribution in [0.5, 0.6) is 11.5 Å². The topological polar surface area (TPSA) is 161 Å². The van der Waals surface area contributed by atoms with Gasteiger partial charge in [-0.15, -0.1) is 0 Å². The van der Waals surface area contributed by atoms with Gasteiger partial charge in [0.25, 0.3) is 0 Å². The van der Waals surface area contributed by atoms with E-state index in [0.29, 0.717) is 36.7 Å². The summed E-state index contributed by atoms with van der Waals surface area (Å²) in [4.78, 5) is 48.6. The summed E-state index contributed by atoms with van der Waals surface area (Å²) in [5.74, 6) is -2.70. The smallest absolute Gasteiger partial charge is 0.480 e. The van der Waals surface area contributed by atoms with Crippen molar-refractivity contribution >= 4 is 24.2 Å². The molecule has 1 aromatic carbocycles. The molecule has 11 heteroatoms. The number of ether oxygens (including phenoxy) is 5. The summed E-state index contributed by atoms with van der Waals surface area (Å²) in [7, 11) is 0. The molecule has 0 radical (unpaired) electrons. The minimum atomic E-state index is -1.37. The number of nitrogens with two attached hydrogens (primary N) is 1. The summed E-state index contributed by atoms with van der Waals surface area (Å²) in [6.07, 6.45) is 1.01. The average Bonchev–Trinajstić information content (AvgIpc) is 2.87. The van der Waals surface area contributed by atoms with E-state index < -0.39 is 36.2 Å². The van der Waals surface area contributed by atoms with Crippen molar-refractivity contribution in [3.8, 4) is 11.5 Å². The molecule has 3 N–H and O–H groups in total. The van der Waals surface area contributed by atoms with Crippen LogP contribution < -0.4 is 15.2 Å². The molecule has 0 saturated heterocycles. The number of carbonyl (C=O) groups is 4. The highest BCUT2D eigenvalue weighted by Gasteiger charge is 2.33. The number of esters is 1. The maximum Gasteiger partial charge on any atom is 0.513 e. The molecule has 40 heavy (non-hydrogen) atoms. The highest BCUT2D eigenvalue weighted by molar-refractivity contribution is 5.75. The molecule has 0 aliphatic heterocycles. The van der Waals surface area contributed by atoms with Crippen molar-refractivity contribution in [3.05, 3.63) is 23.8 Å². The van der Waals surface area contributed by atoms with Crippen LogP contribution in [0.25, 0.3) is 0 Å². The predicted molar refractivity (Wildman–Crippen MR) is 147 cm³/mol. The molecular weight excluding hydrogens is 522 g/mol. The van der Waals surface area contributed by atoms with Crippen LogP contribution in [0.15, 0.2) is 18.2 Å². The normalized spacial score (nSPS) is 13.3. The van der Waals surface area contributed by atoms with E-state index in [2.05, 4.69) is 0 Å². The van der Waals surface area contributed by atoms with Gasteiger partial charge in [-0.3, -0.25) is 9.59 Å². The monoisotopic (exact) mass is 567 g/mol. The summed E-state index contributed by atoms with van der Waals surface area (Å²) in [6, 6.07) is 2.86. The number of aliphatic carboxylic acids is 1. The first kappa shape index (κ1) is 34.7. The second-order valence-corrected chi connectivity index (χ2v) is 10.6. The zero-order chi connectivity index (χ0) is 30.2. The zero-order valence-corrected chi connectivity index (χ0v) is 24.5. The number of benzene rings is 1. The quantitative estimate of drug-likeness (QED) is 0.135. The van der Waals surface area contributed by atoms with Gasteiger partial charge in [-0.25, -0.2) is 9.59 Å². The molecule has 226 valence electrons. The molecule has 2 unspecified atom stereocenters. The molecule has 0 saturated carbocycles. The lowest BCUT2D eigenvalue weighted by Gasteiger charge is -2.28. The van der Waals surface area contributed by atoms with Gasteiger partial charge in [0.15, 0.2) is 11.5 Å². The number of rotatable bonds is 17. The Morgan fingerprint density at radius 1 is 0.850 bits per heavy atom. The lowest BCUT2D eigenvalue weighted by Crippen LogP contribution is -2.40. The van der Waals surface area contributed by atoms with Gasteiger partial charge in [0.05, 0.1) is 19.8 Å². The predicted octanol–water partition coefficient (Wildman–Crippen LogP) is 5.67. The molecule has 1 aromatic rings. The third-order valence-corrected chi connectivity index (χ3v) is 6.10. The Hall–Kier alpha value is -3.34. The molecule has 0 heterocycles. The second-order valence-electron chi connectivity index (χ2n) is 10.6. The van der Waals surface area contributed by atoms with Gasteiger partial charge >= 0.3 is 24.2 Å². The summed E-state index contributed by atoms with van der Waals surface area (Å²) >= 11 is 0. The maximum atomic E-state index is 12.4. The van der Waals surface area contributed by atoms with Crippen LogP contribution in [0.2, 0.25) is 0 Å². The molecule has 0 aromatic heterocycles. The molecule has 1 rings (SSSR count). The molecule has 0 amide bonds. The first-order chi connectivity index (χ1) is 18.8. The van der Waals surface area contributed by atoms with E-state index >= 15 is 0 Å². The minimum absolute atomic E-state index is 0.0674. The SMILES string of the molecule is CCCCC(=O)OCC(C)C(c1ccc(OC(=O)OCCC(C)C)c(OC(=O)OCCC(C)C)c1)[C@H](N)C(=O)O. The largest absolute Gasteiger partial charge is 0.513 e. The first-order valence-electron chi connectivity index (χ1n) is 13.8. The molecule has 0 bridgehead atoms. The Balaban J connectivity index is 3.25. The molecule has 0 fully saturated rings. The number of hydrogen-bond donors (Lipinski definition) is 2. The van der Waals surface area contributed by atoms with Crippen LogP contribution >= 0.6 is 0 Å². The highest BCUT2D eigenvalue weighted by atomic mass is 16.7. The van der Waals surface area contributed by atoms with Crippen molar-refractivity contribution in [2.75, 3.05) is 19.8 Å². The lowest BCUT2D eigenvalue weighted by molar-refractivity contribution is -0.145. The summed E-state index contributed by atoms with van der Waals surface area (Å²) < 4.78 is 26.2.